The Hall–Kier alpha value is -0.530. The summed E-state index contributed by atoms with van der Waals surface area (Å²) in [5.74, 6) is 0.701. The van der Waals surface area contributed by atoms with Crippen LogP contribution in [0.25, 0.3) is 0 Å². The van der Waals surface area contributed by atoms with Gasteiger partial charge in [0.2, 0.25) is 0 Å². The predicted molar refractivity (Wildman–Crippen MR) is 67.6 cm³/mol. The third kappa shape index (κ3) is 4.23. The summed E-state index contributed by atoms with van der Waals surface area (Å²) >= 11 is 6.17. The van der Waals surface area contributed by atoms with Crippen LogP contribution in [-0.2, 0) is 6.42 Å². The lowest BCUT2D eigenvalue weighted by atomic mass is 10.0. The molecule has 0 saturated heterocycles. The maximum Gasteiger partial charge on any atom is 0.0440 e. The second-order valence-electron chi connectivity index (χ2n) is 4.30. The van der Waals surface area contributed by atoms with E-state index in [0.717, 1.165) is 18.0 Å². The normalized spacial score (nSPS) is 12.8. The summed E-state index contributed by atoms with van der Waals surface area (Å²) in [6.45, 7) is 5.40. The topological polar surface area (TPSA) is 12.0 Å². The average Bonchev–Trinajstić information content (AvgIpc) is 2.17. The third-order valence-corrected chi connectivity index (χ3v) is 3.02. The highest BCUT2D eigenvalue weighted by molar-refractivity contribution is 6.31. The Morgan fingerprint density at radius 3 is 2.73 bits per heavy atom. The van der Waals surface area contributed by atoms with Crippen molar-refractivity contribution >= 4 is 11.6 Å². The third-order valence-electron chi connectivity index (χ3n) is 2.67. The molecule has 0 aromatic heterocycles. The summed E-state index contributed by atoms with van der Waals surface area (Å²) < 4.78 is 0. The quantitative estimate of drug-likeness (QED) is 0.810. The Kier molecular flexibility index (Phi) is 5.13. The van der Waals surface area contributed by atoms with Crippen molar-refractivity contribution in [1.82, 2.24) is 5.32 Å². The highest BCUT2D eigenvalue weighted by atomic mass is 35.5. The number of aryl methyl sites for hydroxylation is 2. The lowest BCUT2D eigenvalue weighted by Gasteiger charge is -2.11. The van der Waals surface area contributed by atoms with Gasteiger partial charge >= 0.3 is 0 Å². The SMILES string of the molecule is CNCC(C)CCc1ccc(C)cc1Cl. The number of hydrogen-bond donors (Lipinski definition) is 1. The molecule has 0 radical (unpaired) electrons. The van der Waals surface area contributed by atoms with Gasteiger partial charge in [-0.1, -0.05) is 30.7 Å². The van der Waals surface area contributed by atoms with E-state index in [4.69, 9.17) is 11.6 Å². The molecule has 1 unspecified atom stereocenters. The fourth-order valence-electron chi connectivity index (χ4n) is 1.71. The molecule has 0 heterocycles. The monoisotopic (exact) mass is 225 g/mol. The highest BCUT2D eigenvalue weighted by Crippen LogP contribution is 2.20. The van der Waals surface area contributed by atoms with E-state index >= 15 is 0 Å². The van der Waals surface area contributed by atoms with Crippen molar-refractivity contribution in [2.45, 2.75) is 26.7 Å². The number of hydrogen-bond acceptors (Lipinski definition) is 1. The summed E-state index contributed by atoms with van der Waals surface area (Å²) in [6, 6.07) is 6.31. The molecular weight excluding hydrogens is 206 g/mol. The van der Waals surface area contributed by atoms with Gasteiger partial charge in [-0.3, -0.25) is 0 Å². The van der Waals surface area contributed by atoms with Crippen LogP contribution in [-0.4, -0.2) is 13.6 Å². The smallest absolute Gasteiger partial charge is 0.0440 e. The Bertz CT molecular complexity index is 309. The van der Waals surface area contributed by atoms with Crippen LogP contribution < -0.4 is 5.32 Å². The molecule has 0 amide bonds. The lowest BCUT2D eigenvalue weighted by molar-refractivity contribution is 0.505. The van der Waals surface area contributed by atoms with Crippen LogP contribution in [0.1, 0.15) is 24.5 Å². The summed E-state index contributed by atoms with van der Waals surface area (Å²) in [7, 11) is 2.00. The predicted octanol–water partition coefficient (Wildman–Crippen LogP) is 3.44. The van der Waals surface area contributed by atoms with Gasteiger partial charge in [0, 0.05) is 5.02 Å². The standard InChI is InChI=1S/C13H20ClN/c1-10-4-6-12(13(14)8-10)7-5-11(2)9-15-3/h4,6,8,11,15H,5,7,9H2,1-3H3. The molecule has 0 aliphatic rings. The minimum Gasteiger partial charge on any atom is -0.319 e. The Labute approximate surface area is 97.8 Å². The number of rotatable bonds is 5. The van der Waals surface area contributed by atoms with Crippen molar-refractivity contribution in [2.75, 3.05) is 13.6 Å². The summed E-state index contributed by atoms with van der Waals surface area (Å²) in [6.07, 6.45) is 2.26. The average molecular weight is 226 g/mol. The first-order valence-corrected chi connectivity index (χ1v) is 5.91. The molecular formula is C13H20ClN. The van der Waals surface area contributed by atoms with Gasteiger partial charge in [-0.05, 0) is 56.5 Å². The molecule has 1 aromatic rings. The Morgan fingerprint density at radius 1 is 1.40 bits per heavy atom. The van der Waals surface area contributed by atoms with Crippen molar-refractivity contribution in [3.8, 4) is 0 Å². The first-order valence-electron chi connectivity index (χ1n) is 5.53. The summed E-state index contributed by atoms with van der Waals surface area (Å²) in [5, 5.41) is 4.10. The molecule has 0 aliphatic carbocycles. The molecule has 84 valence electrons. The van der Waals surface area contributed by atoms with E-state index in [9.17, 15) is 0 Å². The van der Waals surface area contributed by atoms with E-state index < -0.39 is 0 Å². The van der Waals surface area contributed by atoms with Crippen LogP contribution in [0, 0.1) is 12.8 Å². The molecule has 0 fully saturated rings. The largest absolute Gasteiger partial charge is 0.319 e. The van der Waals surface area contributed by atoms with E-state index in [1.165, 1.54) is 17.5 Å². The van der Waals surface area contributed by atoms with E-state index in [1.807, 2.05) is 13.1 Å². The number of benzene rings is 1. The number of halogens is 1. The first-order chi connectivity index (χ1) is 7.13. The van der Waals surface area contributed by atoms with E-state index in [0.29, 0.717) is 5.92 Å². The maximum atomic E-state index is 6.17. The van der Waals surface area contributed by atoms with Crippen LogP contribution in [0.3, 0.4) is 0 Å². The van der Waals surface area contributed by atoms with Crippen LogP contribution in [0.2, 0.25) is 5.02 Å². The van der Waals surface area contributed by atoms with Crippen molar-refractivity contribution < 1.29 is 0 Å². The van der Waals surface area contributed by atoms with Gasteiger partial charge in [0.1, 0.15) is 0 Å². The van der Waals surface area contributed by atoms with Gasteiger partial charge in [0.05, 0.1) is 0 Å². The minimum absolute atomic E-state index is 0.701. The zero-order valence-electron chi connectivity index (χ0n) is 9.81. The minimum atomic E-state index is 0.701. The molecule has 0 spiro atoms. The van der Waals surface area contributed by atoms with Crippen LogP contribution in [0.4, 0.5) is 0 Å². The van der Waals surface area contributed by atoms with Crippen molar-refractivity contribution in [3.63, 3.8) is 0 Å². The molecule has 15 heavy (non-hydrogen) atoms. The zero-order valence-corrected chi connectivity index (χ0v) is 10.6. The van der Waals surface area contributed by atoms with Crippen molar-refractivity contribution in [2.24, 2.45) is 5.92 Å². The molecule has 1 aromatic carbocycles. The summed E-state index contributed by atoms with van der Waals surface area (Å²) in [5.41, 5.74) is 2.50. The van der Waals surface area contributed by atoms with Crippen molar-refractivity contribution in [1.29, 1.82) is 0 Å². The molecule has 1 atom stereocenters. The molecule has 1 N–H and O–H groups in total. The maximum absolute atomic E-state index is 6.17. The second-order valence-corrected chi connectivity index (χ2v) is 4.70. The fraction of sp³-hybridized carbons (Fsp3) is 0.538. The Morgan fingerprint density at radius 2 is 2.13 bits per heavy atom. The number of nitrogens with one attached hydrogen (secondary N) is 1. The molecule has 0 saturated carbocycles. The van der Waals surface area contributed by atoms with E-state index in [1.54, 1.807) is 0 Å². The van der Waals surface area contributed by atoms with Crippen LogP contribution >= 0.6 is 11.6 Å². The molecule has 1 nitrogen and oxygen atoms in total. The van der Waals surface area contributed by atoms with Crippen molar-refractivity contribution in [3.05, 3.63) is 34.3 Å². The van der Waals surface area contributed by atoms with Gasteiger partial charge in [0.15, 0.2) is 0 Å². The molecule has 2 heteroatoms. The second kappa shape index (κ2) is 6.14. The molecule has 1 rings (SSSR count). The van der Waals surface area contributed by atoms with Gasteiger partial charge in [-0.25, -0.2) is 0 Å². The Balaban J connectivity index is 2.50. The van der Waals surface area contributed by atoms with Gasteiger partial charge in [0.25, 0.3) is 0 Å². The summed E-state index contributed by atoms with van der Waals surface area (Å²) in [4.78, 5) is 0. The van der Waals surface area contributed by atoms with Gasteiger partial charge < -0.3 is 5.32 Å². The highest BCUT2D eigenvalue weighted by Gasteiger charge is 2.04. The fourth-order valence-corrected chi connectivity index (χ4v) is 2.04. The van der Waals surface area contributed by atoms with Gasteiger partial charge in [-0.15, -0.1) is 0 Å². The van der Waals surface area contributed by atoms with Crippen LogP contribution in [0.15, 0.2) is 18.2 Å². The molecule has 0 aliphatic heterocycles. The molecule has 0 bridgehead atoms. The van der Waals surface area contributed by atoms with E-state index in [2.05, 4.69) is 31.3 Å². The first kappa shape index (κ1) is 12.5. The van der Waals surface area contributed by atoms with Gasteiger partial charge in [-0.2, -0.15) is 0 Å². The zero-order chi connectivity index (χ0) is 11.3. The van der Waals surface area contributed by atoms with Crippen LogP contribution in [0.5, 0.6) is 0 Å². The lowest BCUT2D eigenvalue weighted by Crippen LogP contribution is -2.16. The van der Waals surface area contributed by atoms with E-state index in [-0.39, 0.29) is 0 Å².